The maximum absolute atomic E-state index is 12.6. The van der Waals surface area contributed by atoms with Crippen molar-refractivity contribution in [3.05, 3.63) is 72.2 Å². The molecule has 2 aromatic carbocycles. The number of carboxylic acid groups (broad SMARTS) is 1. The second kappa shape index (κ2) is 12.3. The van der Waals surface area contributed by atoms with Crippen LogP contribution in [0.1, 0.15) is 35.2 Å². The number of amides is 1. The van der Waals surface area contributed by atoms with E-state index in [1.165, 1.54) is 12.1 Å². The standard InChI is InChI=1S/C27H28F2N6O4/c1-16-14-18(7-10-20(16)25(36)32-11-3-2-4-21(30)26(37)38)34-23-24-33-15-22(35(24)13-12-31-23)17-5-8-19(9-6-17)39-27(28)29/h5-10,12-15,21,27H,2-4,11,30H2,1H3,(H,31,34)(H,32,36)(H,37,38)/t21-/m0/s1. The van der Waals surface area contributed by atoms with Crippen LogP contribution >= 0.6 is 0 Å². The number of aliphatic carboxylic acids is 1. The van der Waals surface area contributed by atoms with Crippen molar-refractivity contribution in [2.45, 2.75) is 38.8 Å². The second-order valence-electron chi connectivity index (χ2n) is 8.87. The number of carbonyl (C=O) groups is 2. The molecule has 0 aliphatic rings. The molecule has 0 saturated carbocycles. The molecule has 1 amide bonds. The summed E-state index contributed by atoms with van der Waals surface area (Å²) in [5, 5.41) is 14.9. The SMILES string of the molecule is Cc1cc(Nc2nccn3c(-c4ccc(OC(F)F)cc4)cnc23)ccc1C(=O)NCCCC[C@H](N)C(=O)O. The van der Waals surface area contributed by atoms with Crippen molar-refractivity contribution in [1.82, 2.24) is 19.7 Å². The third-order valence-corrected chi connectivity index (χ3v) is 6.08. The number of nitrogens with zero attached hydrogens (tertiary/aromatic N) is 3. The summed E-state index contributed by atoms with van der Waals surface area (Å²) in [7, 11) is 0. The molecule has 0 saturated heterocycles. The number of nitrogens with two attached hydrogens (primary N) is 1. The van der Waals surface area contributed by atoms with E-state index < -0.39 is 18.6 Å². The van der Waals surface area contributed by atoms with E-state index in [-0.39, 0.29) is 11.7 Å². The fourth-order valence-electron chi connectivity index (χ4n) is 4.07. The molecule has 4 rings (SSSR count). The fourth-order valence-corrected chi connectivity index (χ4v) is 4.07. The maximum Gasteiger partial charge on any atom is 0.387 e. The zero-order valence-corrected chi connectivity index (χ0v) is 21.1. The van der Waals surface area contributed by atoms with E-state index in [1.807, 2.05) is 17.4 Å². The summed E-state index contributed by atoms with van der Waals surface area (Å²) in [6.07, 6.45) is 6.61. The van der Waals surface area contributed by atoms with Crippen molar-refractivity contribution in [1.29, 1.82) is 0 Å². The number of unbranched alkanes of at least 4 members (excludes halogenated alkanes) is 1. The molecular formula is C27H28F2N6O4. The van der Waals surface area contributed by atoms with Gasteiger partial charge in [0.1, 0.15) is 11.8 Å². The lowest BCUT2D eigenvalue weighted by atomic mass is 10.1. The van der Waals surface area contributed by atoms with E-state index in [0.29, 0.717) is 48.5 Å². The average molecular weight is 539 g/mol. The van der Waals surface area contributed by atoms with Gasteiger partial charge in [0.25, 0.3) is 5.91 Å². The van der Waals surface area contributed by atoms with Crippen LogP contribution in [0.2, 0.25) is 0 Å². The number of carboxylic acids is 1. The first kappa shape index (κ1) is 27.5. The molecule has 0 unspecified atom stereocenters. The Morgan fingerprint density at radius 3 is 2.59 bits per heavy atom. The summed E-state index contributed by atoms with van der Waals surface area (Å²) < 4.78 is 31.1. The number of rotatable bonds is 12. The molecule has 204 valence electrons. The van der Waals surface area contributed by atoms with Gasteiger partial charge in [-0.1, -0.05) is 0 Å². The van der Waals surface area contributed by atoms with Crippen molar-refractivity contribution in [2.75, 3.05) is 11.9 Å². The Morgan fingerprint density at radius 2 is 1.90 bits per heavy atom. The van der Waals surface area contributed by atoms with Crippen LogP contribution in [0.5, 0.6) is 5.75 Å². The first-order chi connectivity index (χ1) is 18.7. The van der Waals surface area contributed by atoms with Crippen molar-refractivity contribution < 1.29 is 28.2 Å². The van der Waals surface area contributed by atoms with Crippen LogP contribution in [0.3, 0.4) is 0 Å². The molecular weight excluding hydrogens is 510 g/mol. The van der Waals surface area contributed by atoms with Crippen LogP contribution in [0.4, 0.5) is 20.3 Å². The molecule has 2 aromatic heterocycles. The molecule has 0 bridgehead atoms. The molecule has 0 aliphatic carbocycles. The van der Waals surface area contributed by atoms with E-state index in [1.54, 1.807) is 42.9 Å². The summed E-state index contributed by atoms with van der Waals surface area (Å²) in [6, 6.07) is 10.7. The van der Waals surface area contributed by atoms with E-state index in [0.717, 1.165) is 16.8 Å². The van der Waals surface area contributed by atoms with Crippen LogP contribution in [0.25, 0.3) is 16.9 Å². The number of carbonyl (C=O) groups excluding carboxylic acids is 1. The first-order valence-corrected chi connectivity index (χ1v) is 12.2. The fraction of sp³-hybridized carbons (Fsp3) is 0.259. The Balaban J connectivity index is 1.41. The minimum absolute atomic E-state index is 0.0690. The van der Waals surface area contributed by atoms with Crippen LogP contribution in [-0.4, -0.2) is 50.5 Å². The van der Waals surface area contributed by atoms with Crippen LogP contribution in [-0.2, 0) is 4.79 Å². The monoisotopic (exact) mass is 538 g/mol. The van der Waals surface area contributed by atoms with Gasteiger partial charge in [0.2, 0.25) is 0 Å². The Kier molecular flexibility index (Phi) is 8.67. The zero-order valence-electron chi connectivity index (χ0n) is 21.1. The Bertz CT molecular complexity index is 1460. The number of nitrogens with one attached hydrogen (secondary N) is 2. The lowest BCUT2D eigenvalue weighted by molar-refractivity contribution is -0.138. The van der Waals surface area contributed by atoms with Gasteiger partial charge in [-0.2, -0.15) is 8.78 Å². The number of imidazole rings is 1. The van der Waals surface area contributed by atoms with Gasteiger partial charge in [0, 0.05) is 35.8 Å². The van der Waals surface area contributed by atoms with Crippen molar-refractivity contribution >= 4 is 29.0 Å². The molecule has 0 fully saturated rings. The maximum atomic E-state index is 12.6. The van der Waals surface area contributed by atoms with Gasteiger partial charge in [-0.3, -0.25) is 14.0 Å². The summed E-state index contributed by atoms with van der Waals surface area (Å²) in [4.78, 5) is 32.3. The van der Waals surface area contributed by atoms with Crippen molar-refractivity contribution in [2.24, 2.45) is 5.73 Å². The highest BCUT2D eigenvalue weighted by molar-refractivity contribution is 5.96. The van der Waals surface area contributed by atoms with Gasteiger partial charge in [0.05, 0.1) is 11.9 Å². The second-order valence-corrected chi connectivity index (χ2v) is 8.87. The van der Waals surface area contributed by atoms with E-state index >= 15 is 0 Å². The van der Waals surface area contributed by atoms with Gasteiger partial charge < -0.3 is 26.2 Å². The highest BCUT2D eigenvalue weighted by Gasteiger charge is 2.14. The number of aromatic nitrogens is 3. The number of hydrogen-bond acceptors (Lipinski definition) is 7. The minimum Gasteiger partial charge on any atom is -0.480 e. The molecule has 2 heterocycles. The van der Waals surface area contributed by atoms with Gasteiger partial charge >= 0.3 is 12.6 Å². The van der Waals surface area contributed by atoms with E-state index in [4.69, 9.17) is 10.8 Å². The topological polar surface area (TPSA) is 144 Å². The largest absolute Gasteiger partial charge is 0.480 e. The number of benzene rings is 2. The predicted octanol–water partition coefficient (Wildman–Crippen LogP) is 4.36. The number of hydrogen-bond donors (Lipinski definition) is 4. The number of anilines is 2. The molecule has 5 N–H and O–H groups in total. The van der Waals surface area contributed by atoms with Crippen molar-refractivity contribution in [3.8, 4) is 17.0 Å². The smallest absolute Gasteiger partial charge is 0.387 e. The Morgan fingerprint density at radius 1 is 1.13 bits per heavy atom. The molecule has 1 atom stereocenters. The number of aryl methyl sites for hydroxylation is 1. The van der Waals surface area contributed by atoms with Gasteiger partial charge in [-0.05, 0) is 74.2 Å². The molecule has 0 spiro atoms. The summed E-state index contributed by atoms with van der Waals surface area (Å²) in [6.45, 7) is -0.643. The number of fused-ring (bicyclic) bond motifs is 1. The summed E-state index contributed by atoms with van der Waals surface area (Å²) >= 11 is 0. The zero-order chi connectivity index (χ0) is 27.9. The number of ether oxygens (including phenoxy) is 1. The van der Waals surface area contributed by atoms with Crippen LogP contribution < -0.4 is 21.1 Å². The molecule has 12 heteroatoms. The number of halogens is 2. The molecule has 0 aliphatic heterocycles. The van der Waals surface area contributed by atoms with Gasteiger partial charge in [-0.15, -0.1) is 0 Å². The lowest BCUT2D eigenvalue weighted by Gasteiger charge is -2.12. The highest BCUT2D eigenvalue weighted by Crippen LogP contribution is 2.27. The Labute approximate surface area is 222 Å². The summed E-state index contributed by atoms with van der Waals surface area (Å²) in [5.74, 6) is -0.681. The van der Waals surface area contributed by atoms with Gasteiger partial charge in [-0.25, -0.2) is 9.97 Å². The highest BCUT2D eigenvalue weighted by atomic mass is 19.3. The average Bonchev–Trinajstić information content (AvgIpc) is 3.33. The third kappa shape index (κ3) is 6.85. The van der Waals surface area contributed by atoms with Crippen molar-refractivity contribution in [3.63, 3.8) is 0 Å². The molecule has 0 radical (unpaired) electrons. The molecule has 39 heavy (non-hydrogen) atoms. The third-order valence-electron chi connectivity index (χ3n) is 6.08. The minimum atomic E-state index is -2.89. The summed E-state index contributed by atoms with van der Waals surface area (Å²) in [5.41, 5.74) is 9.54. The first-order valence-electron chi connectivity index (χ1n) is 12.2. The lowest BCUT2D eigenvalue weighted by Crippen LogP contribution is -2.30. The Hall–Kier alpha value is -4.58. The van der Waals surface area contributed by atoms with Crippen LogP contribution in [0.15, 0.2) is 61.1 Å². The quantitative estimate of drug-likeness (QED) is 0.195. The number of alkyl halides is 2. The predicted molar refractivity (Wildman–Crippen MR) is 141 cm³/mol. The van der Waals surface area contributed by atoms with E-state index in [2.05, 4.69) is 25.3 Å². The van der Waals surface area contributed by atoms with E-state index in [9.17, 15) is 18.4 Å². The molecule has 10 nitrogen and oxygen atoms in total. The normalized spacial score (nSPS) is 11.9. The van der Waals surface area contributed by atoms with Gasteiger partial charge in [0.15, 0.2) is 11.5 Å². The van der Waals surface area contributed by atoms with Crippen LogP contribution in [0, 0.1) is 6.92 Å². The molecule has 4 aromatic rings.